The molecule has 6 nitrogen and oxygen atoms in total. The summed E-state index contributed by atoms with van der Waals surface area (Å²) in [5.41, 5.74) is 20.0. The summed E-state index contributed by atoms with van der Waals surface area (Å²) in [6.45, 7) is 0. The van der Waals surface area contributed by atoms with E-state index in [2.05, 4.69) is 10.2 Å². The minimum atomic E-state index is -0.0491. The minimum Gasteiger partial charge on any atom is -0.369 e. The van der Waals surface area contributed by atoms with Crippen LogP contribution in [-0.4, -0.2) is 17.5 Å². The van der Waals surface area contributed by atoms with E-state index in [-0.39, 0.29) is 5.96 Å². The van der Waals surface area contributed by atoms with Crippen molar-refractivity contribution >= 4 is 17.5 Å². The lowest BCUT2D eigenvalue weighted by molar-refractivity contribution is -0.114. The highest BCUT2D eigenvalue weighted by Gasteiger charge is 2.22. The molecular weight excluding hydrogens is 216 g/mol. The van der Waals surface area contributed by atoms with E-state index in [1.165, 1.54) is 0 Å². The molecule has 6 heteroatoms. The summed E-state index contributed by atoms with van der Waals surface area (Å²) >= 11 is 0. The maximum atomic E-state index is 5.64. The topological polar surface area (TPSA) is 128 Å². The molecule has 0 amide bonds. The lowest BCUT2D eigenvalue weighted by Crippen LogP contribution is -2.46. The predicted molar refractivity (Wildman–Crippen MR) is 67.3 cm³/mol. The van der Waals surface area contributed by atoms with Gasteiger partial charge in [0, 0.05) is 5.56 Å². The highest BCUT2D eigenvalue weighted by Crippen LogP contribution is 2.25. The molecule has 0 atom stereocenters. The zero-order valence-corrected chi connectivity index (χ0v) is 9.35. The Balaban J connectivity index is 2.47. The van der Waals surface area contributed by atoms with E-state index in [9.17, 15) is 0 Å². The van der Waals surface area contributed by atoms with Crippen LogP contribution in [0, 0.1) is 0 Å². The Morgan fingerprint density at radius 2 is 1.94 bits per heavy atom. The highest BCUT2D eigenvalue weighted by molar-refractivity contribution is 6.08. The predicted octanol–water partition coefficient (Wildman–Crippen LogP) is -1.93. The van der Waals surface area contributed by atoms with Gasteiger partial charge in [0.2, 0.25) is 5.96 Å². The van der Waals surface area contributed by atoms with E-state index >= 15 is 0 Å². The van der Waals surface area contributed by atoms with Crippen LogP contribution in [-0.2, 0) is 6.42 Å². The molecule has 2 rings (SSSR count). The minimum absolute atomic E-state index is 0.0491. The van der Waals surface area contributed by atoms with Crippen LogP contribution in [0.15, 0.2) is 28.4 Å². The number of fused-ring (bicyclic) bond motifs is 1. The van der Waals surface area contributed by atoms with Gasteiger partial charge in [-0.2, -0.15) is 5.10 Å². The second-order valence-electron chi connectivity index (χ2n) is 3.86. The zero-order chi connectivity index (χ0) is 12.4. The summed E-state index contributed by atoms with van der Waals surface area (Å²) in [5.74, 6) is 0.275. The summed E-state index contributed by atoms with van der Waals surface area (Å²) in [4.78, 5) is 0. The third-order valence-electron chi connectivity index (χ3n) is 2.70. The first-order valence-corrected chi connectivity index (χ1v) is 5.25. The molecule has 0 spiro atoms. The molecule has 0 saturated carbocycles. The maximum absolute atomic E-state index is 5.64. The second-order valence-corrected chi connectivity index (χ2v) is 3.86. The third-order valence-corrected chi connectivity index (χ3v) is 2.70. The van der Waals surface area contributed by atoms with Gasteiger partial charge in [-0.3, -0.25) is 11.1 Å². The van der Waals surface area contributed by atoms with Crippen molar-refractivity contribution in [3.05, 3.63) is 34.9 Å². The maximum Gasteiger partial charge on any atom is 0.270 e. The van der Waals surface area contributed by atoms with Crippen molar-refractivity contribution in [3.63, 3.8) is 0 Å². The van der Waals surface area contributed by atoms with Gasteiger partial charge in [-0.25, -0.2) is 0 Å². The average molecular weight is 231 g/mol. The fraction of sp³-hybridized carbons (Fsp3) is 0.182. The fourth-order valence-electron chi connectivity index (χ4n) is 2.00. The number of amidine groups is 1. The van der Waals surface area contributed by atoms with Crippen molar-refractivity contribution in [2.75, 3.05) is 0 Å². The van der Waals surface area contributed by atoms with Crippen molar-refractivity contribution in [3.8, 4) is 0 Å². The van der Waals surface area contributed by atoms with Crippen LogP contribution in [0.2, 0.25) is 0 Å². The molecule has 0 fully saturated rings. The largest absolute Gasteiger partial charge is 0.369 e. The van der Waals surface area contributed by atoms with E-state index in [4.69, 9.17) is 22.6 Å². The zero-order valence-electron chi connectivity index (χ0n) is 9.35. The number of rotatable bonds is 2. The van der Waals surface area contributed by atoms with E-state index in [0.717, 1.165) is 35.2 Å². The molecular formula is C11H15N6+. The van der Waals surface area contributed by atoms with Crippen molar-refractivity contribution in [1.82, 2.24) is 0 Å². The van der Waals surface area contributed by atoms with Crippen molar-refractivity contribution in [2.45, 2.75) is 12.8 Å². The standard InChI is InChI=1S/C11H14N6/c12-10(13)8-3-1-2-7-6(8)4-5-9(7)16-17-11(14)15/h1-3H,4-5H2,(H3,12,13)(H4,14,15,17)/p+1. The molecule has 1 aliphatic rings. The fourth-order valence-corrected chi connectivity index (χ4v) is 2.00. The summed E-state index contributed by atoms with van der Waals surface area (Å²) < 4.78 is 0. The van der Waals surface area contributed by atoms with Crippen molar-refractivity contribution in [1.29, 1.82) is 0 Å². The van der Waals surface area contributed by atoms with Gasteiger partial charge in [0.25, 0.3) is 5.84 Å². The van der Waals surface area contributed by atoms with Gasteiger partial charge in [-0.05, 0) is 24.5 Å². The monoisotopic (exact) mass is 231 g/mol. The Morgan fingerprint density at radius 1 is 1.18 bits per heavy atom. The van der Waals surface area contributed by atoms with Gasteiger partial charge in [0.05, 0.1) is 11.3 Å². The van der Waals surface area contributed by atoms with Crippen LogP contribution in [0.3, 0.4) is 0 Å². The first kappa shape index (κ1) is 11.1. The molecule has 0 radical (unpaired) electrons. The number of nitrogens with two attached hydrogens (primary N) is 4. The Kier molecular flexibility index (Phi) is 2.78. The van der Waals surface area contributed by atoms with E-state index < -0.39 is 0 Å². The van der Waals surface area contributed by atoms with Crippen LogP contribution in [0.5, 0.6) is 0 Å². The van der Waals surface area contributed by atoms with Gasteiger partial charge in [-0.15, -0.1) is 5.10 Å². The summed E-state index contributed by atoms with van der Waals surface area (Å²) in [7, 11) is 0. The highest BCUT2D eigenvalue weighted by atomic mass is 15.3. The first-order valence-electron chi connectivity index (χ1n) is 5.25. The molecule has 88 valence electrons. The molecule has 0 heterocycles. The van der Waals surface area contributed by atoms with Gasteiger partial charge >= 0.3 is 0 Å². The van der Waals surface area contributed by atoms with Crippen LogP contribution < -0.4 is 22.6 Å². The first-order chi connectivity index (χ1) is 8.09. The lowest BCUT2D eigenvalue weighted by atomic mass is 10.0. The lowest BCUT2D eigenvalue weighted by Gasteiger charge is -2.02. The van der Waals surface area contributed by atoms with Crippen molar-refractivity contribution in [2.24, 2.45) is 27.4 Å². The number of hydrogen-bond acceptors (Lipinski definition) is 2. The van der Waals surface area contributed by atoms with Gasteiger partial charge in [-0.1, -0.05) is 12.1 Å². The molecule has 8 N–H and O–H groups in total. The third kappa shape index (κ3) is 2.10. The quantitative estimate of drug-likeness (QED) is 0.269. The Morgan fingerprint density at radius 3 is 2.59 bits per heavy atom. The molecule has 1 aromatic rings. The molecule has 0 aromatic heterocycles. The molecule has 0 bridgehead atoms. The van der Waals surface area contributed by atoms with Gasteiger partial charge < -0.3 is 11.5 Å². The van der Waals surface area contributed by atoms with E-state index in [0.29, 0.717) is 5.84 Å². The molecule has 0 aliphatic heterocycles. The number of nitrogens with zero attached hydrogens (tertiary/aromatic N) is 2. The Labute approximate surface area is 98.7 Å². The molecule has 1 aromatic carbocycles. The average Bonchev–Trinajstić information content (AvgIpc) is 2.68. The molecule has 0 unspecified atom stereocenters. The van der Waals surface area contributed by atoms with Crippen LogP contribution >= 0.6 is 0 Å². The van der Waals surface area contributed by atoms with Crippen LogP contribution in [0.25, 0.3) is 0 Å². The number of guanidine groups is 1. The Bertz CT molecular complexity index is 525. The van der Waals surface area contributed by atoms with E-state index in [1.807, 2.05) is 18.2 Å². The van der Waals surface area contributed by atoms with Crippen LogP contribution in [0.1, 0.15) is 23.1 Å². The summed E-state index contributed by atoms with van der Waals surface area (Å²) in [5, 5.41) is 13.3. The SMILES string of the molecule is NC(=[NH2+])c1cccc2c1CCC2=NN=C(N)N. The number of hydrogen-bond donors (Lipinski definition) is 4. The van der Waals surface area contributed by atoms with Gasteiger partial charge in [0.1, 0.15) is 0 Å². The van der Waals surface area contributed by atoms with Crippen molar-refractivity contribution < 1.29 is 5.41 Å². The van der Waals surface area contributed by atoms with Crippen LogP contribution in [0.4, 0.5) is 0 Å². The van der Waals surface area contributed by atoms with E-state index in [1.54, 1.807) is 0 Å². The smallest absolute Gasteiger partial charge is 0.270 e. The number of benzene rings is 1. The molecule has 17 heavy (non-hydrogen) atoms. The molecule has 1 aliphatic carbocycles. The van der Waals surface area contributed by atoms with Gasteiger partial charge in [0.15, 0.2) is 0 Å². The normalized spacial score (nSPS) is 15.6. The summed E-state index contributed by atoms with van der Waals surface area (Å²) in [6, 6.07) is 5.76. The Hall–Kier alpha value is -2.37. The summed E-state index contributed by atoms with van der Waals surface area (Å²) in [6.07, 6.45) is 1.64. The molecule has 0 saturated heterocycles. The second kappa shape index (κ2) is 4.25.